The maximum absolute atomic E-state index is 12.5. The molecule has 0 radical (unpaired) electrons. The molecule has 5 nitrogen and oxygen atoms in total. The predicted molar refractivity (Wildman–Crippen MR) is 107 cm³/mol. The first kappa shape index (κ1) is 20.6. The maximum Gasteiger partial charge on any atom is 0.362 e. The van der Waals surface area contributed by atoms with Crippen molar-refractivity contribution < 1.29 is 18.8 Å². The summed E-state index contributed by atoms with van der Waals surface area (Å²) in [6.45, 7) is 6.56. The molecule has 5 heteroatoms. The lowest BCUT2D eigenvalue weighted by Crippen LogP contribution is -2.49. The summed E-state index contributed by atoms with van der Waals surface area (Å²) in [6, 6.07) is 13.6. The molecule has 2 aromatic rings. The van der Waals surface area contributed by atoms with Crippen molar-refractivity contribution in [2.24, 2.45) is 0 Å². The molecule has 0 atom stereocenters. The van der Waals surface area contributed by atoms with Gasteiger partial charge in [-0.2, -0.15) is 0 Å². The van der Waals surface area contributed by atoms with E-state index in [1.807, 2.05) is 77.3 Å². The van der Waals surface area contributed by atoms with Crippen LogP contribution in [0.3, 0.4) is 0 Å². The molecule has 0 fully saturated rings. The van der Waals surface area contributed by atoms with Gasteiger partial charge in [-0.25, -0.2) is 4.79 Å². The van der Waals surface area contributed by atoms with Crippen molar-refractivity contribution >= 4 is 17.6 Å². The fraction of sp³-hybridized carbons (Fsp3) is 0.364. The number of amides is 1. The highest BCUT2D eigenvalue weighted by Gasteiger charge is 2.25. The number of ether oxygens (including phenoxy) is 1. The van der Waals surface area contributed by atoms with Gasteiger partial charge in [-0.15, -0.1) is 0 Å². The van der Waals surface area contributed by atoms with Crippen LogP contribution in [0.4, 0.5) is 5.69 Å². The molecule has 27 heavy (non-hydrogen) atoms. The molecule has 144 valence electrons. The van der Waals surface area contributed by atoms with Crippen molar-refractivity contribution in [1.29, 1.82) is 0 Å². The van der Waals surface area contributed by atoms with Crippen LogP contribution < -0.4 is 5.32 Å². The summed E-state index contributed by atoms with van der Waals surface area (Å²) in [6.07, 6.45) is 0. The first-order chi connectivity index (χ1) is 12.7. The standard InChI is InChI=1S/C22H28N2O3/c1-16-11-17(2)22(18(3)12-16)23-20(25)13-24(4,5)14-21(26)27-15-19-9-7-6-8-10-19/h6-12H,13-15H2,1-5H3/p+1. The zero-order valence-electron chi connectivity index (χ0n) is 16.8. The molecule has 0 heterocycles. The molecule has 0 unspecified atom stereocenters. The minimum Gasteiger partial charge on any atom is -0.457 e. The van der Waals surface area contributed by atoms with Crippen LogP contribution in [0.5, 0.6) is 0 Å². The third kappa shape index (κ3) is 6.53. The lowest BCUT2D eigenvalue weighted by molar-refractivity contribution is -0.874. The van der Waals surface area contributed by atoms with E-state index in [2.05, 4.69) is 5.32 Å². The Labute approximate surface area is 161 Å². The first-order valence-corrected chi connectivity index (χ1v) is 9.05. The number of nitrogens with one attached hydrogen (secondary N) is 1. The molecule has 0 aromatic heterocycles. The summed E-state index contributed by atoms with van der Waals surface area (Å²) in [5, 5.41) is 2.99. The third-order valence-electron chi connectivity index (χ3n) is 4.31. The Morgan fingerprint density at radius 1 is 0.963 bits per heavy atom. The number of hydrogen-bond donors (Lipinski definition) is 1. The Morgan fingerprint density at radius 3 is 2.15 bits per heavy atom. The average molecular weight is 369 g/mol. The van der Waals surface area contributed by atoms with Gasteiger partial charge in [0.05, 0.1) is 14.1 Å². The number of quaternary nitrogens is 1. The predicted octanol–water partition coefficient (Wildman–Crippen LogP) is 3.37. The highest BCUT2D eigenvalue weighted by molar-refractivity contribution is 5.93. The number of benzene rings is 2. The van der Waals surface area contributed by atoms with Gasteiger partial charge in [0.2, 0.25) is 0 Å². The van der Waals surface area contributed by atoms with Gasteiger partial charge in [-0.05, 0) is 37.5 Å². The zero-order valence-corrected chi connectivity index (χ0v) is 16.8. The molecule has 2 aromatic carbocycles. The second-order valence-electron chi connectivity index (χ2n) is 7.72. The molecule has 1 amide bonds. The summed E-state index contributed by atoms with van der Waals surface area (Å²) in [5.74, 6) is -0.440. The number of rotatable bonds is 7. The fourth-order valence-corrected chi connectivity index (χ4v) is 3.13. The van der Waals surface area contributed by atoms with Gasteiger partial charge in [0.25, 0.3) is 5.91 Å². The van der Waals surface area contributed by atoms with Gasteiger partial charge in [-0.3, -0.25) is 4.79 Å². The van der Waals surface area contributed by atoms with E-state index >= 15 is 0 Å². The fourth-order valence-electron chi connectivity index (χ4n) is 3.13. The molecular weight excluding hydrogens is 340 g/mol. The van der Waals surface area contributed by atoms with Crippen LogP contribution in [0.15, 0.2) is 42.5 Å². The molecule has 0 saturated carbocycles. The van der Waals surface area contributed by atoms with E-state index < -0.39 is 0 Å². The Morgan fingerprint density at radius 2 is 1.56 bits per heavy atom. The maximum atomic E-state index is 12.5. The molecule has 2 rings (SSSR count). The third-order valence-corrected chi connectivity index (χ3v) is 4.31. The molecule has 0 bridgehead atoms. The highest BCUT2D eigenvalue weighted by Crippen LogP contribution is 2.22. The molecular formula is C22H29N2O3+. The number of carbonyl (C=O) groups excluding carboxylic acids is 2. The van der Waals surface area contributed by atoms with Gasteiger partial charge in [0.15, 0.2) is 13.1 Å². The second-order valence-corrected chi connectivity index (χ2v) is 7.72. The molecule has 1 N–H and O–H groups in total. The summed E-state index contributed by atoms with van der Waals surface area (Å²) < 4.78 is 5.55. The Bertz CT molecular complexity index is 791. The van der Waals surface area contributed by atoms with Crippen LogP contribution in [-0.2, 0) is 20.9 Å². The van der Waals surface area contributed by atoms with Crippen LogP contribution in [-0.4, -0.2) is 43.5 Å². The zero-order chi connectivity index (χ0) is 20.0. The number of nitrogens with zero attached hydrogens (tertiary/aromatic N) is 1. The van der Waals surface area contributed by atoms with Crippen molar-refractivity contribution in [3.05, 3.63) is 64.7 Å². The second kappa shape index (κ2) is 8.82. The van der Waals surface area contributed by atoms with E-state index in [-0.39, 0.29) is 36.1 Å². The van der Waals surface area contributed by atoms with Crippen molar-refractivity contribution in [2.45, 2.75) is 27.4 Å². The van der Waals surface area contributed by atoms with Crippen LogP contribution in [0.2, 0.25) is 0 Å². The summed E-state index contributed by atoms with van der Waals surface area (Å²) >= 11 is 0. The van der Waals surface area contributed by atoms with E-state index in [4.69, 9.17) is 4.74 Å². The van der Waals surface area contributed by atoms with E-state index in [0.29, 0.717) is 0 Å². The van der Waals surface area contributed by atoms with Crippen LogP contribution in [0.1, 0.15) is 22.3 Å². The van der Waals surface area contributed by atoms with E-state index in [0.717, 1.165) is 22.4 Å². The van der Waals surface area contributed by atoms with Gasteiger partial charge >= 0.3 is 5.97 Å². The largest absolute Gasteiger partial charge is 0.457 e. The normalized spacial score (nSPS) is 11.1. The lowest BCUT2D eigenvalue weighted by Gasteiger charge is -2.28. The number of esters is 1. The van der Waals surface area contributed by atoms with Crippen molar-refractivity contribution in [1.82, 2.24) is 0 Å². The summed E-state index contributed by atoms with van der Waals surface area (Å²) in [7, 11) is 3.69. The van der Waals surface area contributed by atoms with Crippen LogP contribution in [0.25, 0.3) is 0 Å². The Balaban J connectivity index is 1.89. The smallest absolute Gasteiger partial charge is 0.362 e. The quantitative estimate of drug-likeness (QED) is 0.601. The van der Waals surface area contributed by atoms with Gasteiger partial charge in [0, 0.05) is 5.69 Å². The Kier molecular flexibility index (Phi) is 6.75. The summed E-state index contributed by atoms with van der Waals surface area (Å²) in [4.78, 5) is 24.6. The highest BCUT2D eigenvalue weighted by atomic mass is 16.5. The first-order valence-electron chi connectivity index (χ1n) is 9.05. The number of anilines is 1. The van der Waals surface area contributed by atoms with E-state index in [1.54, 1.807) is 0 Å². The average Bonchev–Trinajstić information content (AvgIpc) is 2.56. The van der Waals surface area contributed by atoms with E-state index in [9.17, 15) is 9.59 Å². The van der Waals surface area contributed by atoms with Crippen molar-refractivity contribution in [2.75, 3.05) is 32.5 Å². The molecule has 0 spiro atoms. The van der Waals surface area contributed by atoms with Crippen molar-refractivity contribution in [3.8, 4) is 0 Å². The van der Waals surface area contributed by atoms with Gasteiger partial charge in [-0.1, -0.05) is 48.0 Å². The number of likely N-dealkylation sites (N-methyl/N-ethyl adjacent to an activating group) is 1. The topological polar surface area (TPSA) is 55.4 Å². The van der Waals surface area contributed by atoms with Crippen LogP contribution in [0, 0.1) is 20.8 Å². The molecule has 0 aliphatic rings. The minimum absolute atomic E-state index is 0.120. The monoisotopic (exact) mass is 369 g/mol. The molecule has 0 aliphatic heterocycles. The number of aryl methyl sites for hydroxylation is 3. The molecule has 0 saturated heterocycles. The number of hydrogen-bond acceptors (Lipinski definition) is 3. The molecule has 0 aliphatic carbocycles. The van der Waals surface area contributed by atoms with E-state index in [1.165, 1.54) is 5.56 Å². The summed E-state index contributed by atoms with van der Waals surface area (Å²) in [5.41, 5.74) is 5.03. The van der Waals surface area contributed by atoms with Gasteiger partial charge < -0.3 is 14.5 Å². The Hall–Kier alpha value is -2.66. The number of carbonyl (C=O) groups is 2. The SMILES string of the molecule is Cc1cc(C)c(NC(=O)C[N+](C)(C)CC(=O)OCc2ccccc2)c(C)c1. The van der Waals surface area contributed by atoms with Gasteiger partial charge in [0.1, 0.15) is 6.61 Å². The van der Waals surface area contributed by atoms with Crippen LogP contribution >= 0.6 is 0 Å². The lowest BCUT2D eigenvalue weighted by atomic mass is 10.1. The van der Waals surface area contributed by atoms with Crippen molar-refractivity contribution in [3.63, 3.8) is 0 Å². The minimum atomic E-state index is -0.320.